The predicted molar refractivity (Wildman–Crippen MR) is 84.3 cm³/mol. The predicted octanol–water partition coefficient (Wildman–Crippen LogP) is 3.69. The number of rotatable bonds is 1. The number of carbonyl (C=O) groups excluding carboxylic acids is 2. The van der Waals surface area contributed by atoms with Gasteiger partial charge >= 0.3 is 0 Å². The lowest BCUT2D eigenvalue weighted by Crippen LogP contribution is -2.40. The van der Waals surface area contributed by atoms with Crippen LogP contribution in [0.3, 0.4) is 0 Å². The molecule has 0 saturated heterocycles. The molecule has 0 radical (unpaired) electrons. The van der Waals surface area contributed by atoms with E-state index in [2.05, 4.69) is 4.98 Å². The van der Waals surface area contributed by atoms with Crippen molar-refractivity contribution in [1.82, 2.24) is 4.98 Å². The van der Waals surface area contributed by atoms with Gasteiger partial charge in [0.25, 0.3) is 11.8 Å². The molecule has 0 N–H and O–H groups in total. The Bertz CT molecular complexity index is 916. The normalized spacial score (nSPS) is 13.8. The maximum Gasteiger partial charge on any atom is 0.267 e. The highest BCUT2D eigenvalue weighted by atomic mass is 35.5. The van der Waals surface area contributed by atoms with Crippen LogP contribution >= 0.6 is 11.6 Å². The molecule has 2 amide bonds. The molecule has 0 fully saturated rings. The zero-order chi connectivity index (χ0) is 15.3. The summed E-state index contributed by atoms with van der Waals surface area (Å²) in [7, 11) is 0. The van der Waals surface area contributed by atoms with Crippen molar-refractivity contribution in [2.45, 2.75) is 0 Å². The fraction of sp³-hybridized carbons (Fsp3) is 0. The first-order valence-electron chi connectivity index (χ1n) is 6.69. The van der Waals surface area contributed by atoms with Crippen LogP contribution in [0.25, 0.3) is 10.8 Å². The molecule has 22 heavy (non-hydrogen) atoms. The minimum Gasteiger partial charge on any atom is -0.268 e. The van der Waals surface area contributed by atoms with Gasteiger partial charge < -0.3 is 0 Å². The lowest BCUT2D eigenvalue weighted by molar-refractivity contribution is 0.0892. The van der Waals surface area contributed by atoms with Crippen molar-refractivity contribution >= 4 is 40.0 Å². The van der Waals surface area contributed by atoms with E-state index in [1.807, 2.05) is 6.07 Å². The number of pyridine rings is 1. The van der Waals surface area contributed by atoms with E-state index in [9.17, 15) is 9.59 Å². The van der Waals surface area contributed by atoms with Crippen LogP contribution in [0.5, 0.6) is 0 Å². The number of nitrogens with zero attached hydrogens (tertiary/aromatic N) is 2. The van der Waals surface area contributed by atoms with E-state index in [0.717, 1.165) is 4.90 Å². The fourth-order valence-corrected chi connectivity index (χ4v) is 2.98. The molecule has 1 aliphatic heterocycles. The first-order valence-corrected chi connectivity index (χ1v) is 7.07. The van der Waals surface area contributed by atoms with E-state index < -0.39 is 0 Å². The Hall–Kier alpha value is -2.72. The number of halogens is 1. The summed E-state index contributed by atoms with van der Waals surface area (Å²) in [5, 5.41) is 1.84. The van der Waals surface area contributed by atoms with E-state index in [1.165, 1.54) is 0 Å². The van der Waals surface area contributed by atoms with Crippen LogP contribution in [0.15, 0.2) is 54.7 Å². The number of hydrogen-bond donors (Lipinski definition) is 0. The van der Waals surface area contributed by atoms with Crippen LogP contribution in [0, 0.1) is 0 Å². The maximum atomic E-state index is 12.7. The minimum absolute atomic E-state index is 0.315. The highest BCUT2D eigenvalue weighted by molar-refractivity contribution is 6.40. The number of amides is 2. The number of hydrogen-bond acceptors (Lipinski definition) is 3. The number of carbonyl (C=O) groups is 2. The van der Waals surface area contributed by atoms with E-state index in [0.29, 0.717) is 32.7 Å². The third-order valence-corrected chi connectivity index (χ3v) is 4.06. The molecule has 0 aliphatic carbocycles. The summed E-state index contributed by atoms with van der Waals surface area (Å²) in [6.45, 7) is 0. The number of aromatic nitrogens is 1. The Balaban J connectivity index is 2.03. The lowest BCUT2D eigenvalue weighted by atomic mass is 9.94. The van der Waals surface area contributed by atoms with Crippen LogP contribution in [0.1, 0.15) is 20.7 Å². The molecule has 0 saturated carbocycles. The second kappa shape index (κ2) is 4.64. The van der Waals surface area contributed by atoms with E-state index in [4.69, 9.17) is 11.6 Å². The van der Waals surface area contributed by atoms with Gasteiger partial charge in [-0.2, -0.15) is 0 Å². The maximum absolute atomic E-state index is 12.7. The molecule has 0 atom stereocenters. The monoisotopic (exact) mass is 308 g/mol. The summed E-state index contributed by atoms with van der Waals surface area (Å²) in [4.78, 5) is 30.7. The summed E-state index contributed by atoms with van der Waals surface area (Å²) in [5.74, 6) is -0.455. The molecule has 0 spiro atoms. The Morgan fingerprint density at radius 2 is 1.64 bits per heavy atom. The van der Waals surface area contributed by atoms with E-state index in [1.54, 1.807) is 48.7 Å². The fourth-order valence-electron chi connectivity index (χ4n) is 2.75. The molecule has 106 valence electrons. The molecule has 4 nitrogen and oxygen atoms in total. The van der Waals surface area contributed by atoms with Gasteiger partial charge in [-0.3, -0.25) is 9.59 Å². The first-order chi connectivity index (χ1) is 10.7. The van der Waals surface area contributed by atoms with Crippen LogP contribution in [-0.2, 0) is 0 Å². The molecule has 5 heteroatoms. The van der Waals surface area contributed by atoms with Crippen molar-refractivity contribution in [3.63, 3.8) is 0 Å². The number of anilines is 1. The standard InChI is InChI=1S/C17H9ClN2O2/c18-13-8-7-12-15-10(13)4-3-5-11(15)16(21)20(17(12)22)14-6-1-2-9-19-14/h1-9H. The molecule has 0 unspecified atom stereocenters. The minimum atomic E-state index is -0.385. The van der Waals surface area contributed by atoms with Crippen LogP contribution in [0.2, 0.25) is 5.02 Å². The van der Waals surface area contributed by atoms with Gasteiger partial charge in [-0.1, -0.05) is 29.8 Å². The molecular formula is C17H9ClN2O2. The van der Waals surface area contributed by atoms with E-state index >= 15 is 0 Å². The number of benzene rings is 2. The van der Waals surface area contributed by atoms with Gasteiger partial charge in [0.1, 0.15) is 5.82 Å². The quantitative estimate of drug-likeness (QED) is 0.644. The summed E-state index contributed by atoms with van der Waals surface area (Å²) >= 11 is 6.18. The summed E-state index contributed by atoms with van der Waals surface area (Å²) in [6.07, 6.45) is 1.55. The van der Waals surface area contributed by atoms with Crippen molar-refractivity contribution in [1.29, 1.82) is 0 Å². The Labute approximate surface area is 131 Å². The average molecular weight is 309 g/mol. The Morgan fingerprint density at radius 1 is 0.864 bits per heavy atom. The van der Waals surface area contributed by atoms with Crippen molar-refractivity contribution in [2.75, 3.05) is 4.90 Å². The van der Waals surface area contributed by atoms with Gasteiger partial charge in [0.2, 0.25) is 0 Å². The van der Waals surface area contributed by atoms with Crippen molar-refractivity contribution in [3.8, 4) is 0 Å². The molecule has 1 aromatic heterocycles. The highest BCUT2D eigenvalue weighted by Crippen LogP contribution is 2.35. The zero-order valence-electron chi connectivity index (χ0n) is 11.3. The van der Waals surface area contributed by atoms with Gasteiger partial charge in [-0.25, -0.2) is 9.88 Å². The summed E-state index contributed by atoms with van der Waals surface area (Å²) in [6, 6.07) is 13.7. The SMILES string of the molecule is O=C1c2cccc3c(Cl)ccc(c23)C(=O)N1c1ccccn1. The van der Waals surface area contributed by atoms with Gasteiger partial charge in [0, 0.05) is 33.1 Å². The van der Waals surface area contributed by atoms with Gasteiger partial charge in [-0.15, -0.1) is 0 Å². The van der Waals surface area contributed by atoms with Gasteiger partial charge in [-0.05, 0) is 30.3 Å². The van der Waals surface area contributed by atoms with Crippen LogP contribution in [-0.4, -0.2) is 16.8 Å². The van der Waals surface area contributed by atoms with Gasteiger partial charge in [0.15, 0.2) is 0 Å². The van der Waals surface area contributed by atoms with E-state index in [-0.39, 0.29) is 11.8 Å². The van der Waals surface area contributed by atoms with Crippen molar-refractivity contribution in [2.24, 2.45) is 0 Å². The number of imide groups is 1. The topological polar surface area (TPSA) is 50.3 Å². The van der Waals surface area contributed by atoms with Gasteiger partial charge in [0.05, 0.1) is 0 Å². The largest absolute Gasteiger partial charge is 0.268 e. The zero-order valence-corrected chi connectivity index (χ0v) is 12.0. The first kappa shape index (κ1) is 13.0. The molecule has 1 aliphatic rings. The lowest BCUT2D eigenvalue weighted by Gasteiger charge is -2.26. The second-order valence-electron chi connectivity index (χ2n) is 4.96. The Kier molecular flexibility index (Phi) is 2.74. The third-order valence-electron chi connectivity index (χ3n) is 3.73. The summed E-state index contributed by atoms with van der Waals surface area (Å²) in [5.41, 5.74) is 0.917. The Morgan fingerprint density at radius 3 is 2.36 bits per heavy atom. The second-order valence-corrected chi connectivity index (χ2v) is 5.36. The smallest absolute Gasteiger partial charge is 0.267 e. The summed E-state index contributed by atoms with van der Waals surface area (Å²) < 4.78 is 0. The van der Waals surface area contributed by atoms with Crippen LogP contribution < -0.4 is 4.90 Å². The molecule has 2 heterocycles. The van der Waals surface area contributed by atoms with Crippen LogP contribution in [0.4, 0.5) is 5.82 Å². The average Bonchev–Trinajstić information content (AvgIpc) is 2.55. The molecule has 4 rings (SSSR count). The molecule has 0 bridgehead atoms. The molecule has 2 aromatic carbocycles. The van der Waals surface area contributed by atoms with Crippen molar-refractivity contribution < 1.29 is 9.59 Å². The third kappa shape index (κ3) is 1.68. The van der Waals surface area contributed by atoms with Crippen molar-refractivity contribution in [3.05, 3.63) is 70.9 Å². The molecule has 3 aromatic rings. The molecular weight excluding hydrogens is 300 g/mol. The highest BCUT2D eigenvalue weighted by Gasteiger charge is 2.34.